The molecule has 0 unspecified atom stereocenters. The number of thiazole rings is 1. The highest BCUT2D eigenvalue weighted by Crippen LogP contribution is 2.24. The molecule has 1 aliphatic heterocycles. The van der Waals surface area contributed by atoms with Crippen molar-refractivity contribution in [2.45, 2.75) is 32.7 Å². The number of anilines is 2. The summed E-state index contributed by atoms with van der Waals surface area (Å²) in [7, 11) is 0. The zero-order valence-electron chi connectivity index (χ0n) is 15.0. The third-order valence-electron chi connectivity index (χ3n) is 4.53. The van der Waals surface area contributed by atoms with Gasteiger partial charge in [0.1, 0.15) is 5.82 Å². The Kier molecular flexibility index (Phi) is 4.79. The highest BCUT2D eigenvalue weighted by Gasteiger charge is 2.21. The van der Waals surface area contributed by atoms with Gasteiger partial charge in [0, 0.05) is 54.2 Å². The summed E-state index contributed by atoms with van der Waals surface area (Å²) in [6, 6.07) is 6.45. The van der Waals surface area contributed by atoms with Crippen molar-refractivity contribution in [2.24, 2.45) is 0 Å². The number of rotatable bonds is 4. The summed E-state index contributed by atoms with van der Waals surface area (Å²) < 4.78 is 0. The molecule has 0 aromatic carbocycles. The number of hydrogen-bond donors (Lipinski definition) is 1. The molecule has 4 heterocycles. The van der Waals surface area contributed by atoms with Crippen LogP contribution in [0.25, 0.3) is 11.4 Å². The van der Waals surface area contributed by atoms with Crippen LogP contribution in [0.3, 0.4) is 0 Å². The van der Waals surface area contributed by atoms with Gasteiger partial charge >= 0.3 is 0 Å². The van der Waals surface area contributed by atoms with Crippen LogP contribution in [0, 0.1) is 13.8 Å². The summed E-state index contributed by atoms with van der Waals surface area (Å²) in [5.74, 6) is 1.74. The first-order chi connectivity index (χ1) is 12.7. The van der Waals surface area contributed by atoms with Gasteiger partial charge in [-0.1, -0.05) is 0 Å². The molecule has 1 fully saturated rings. The van der Waals surface area contributed by atoms with E-state index in [0.29, 0.717) is 6.04 Å². The van der Waals surface area contributed by atoms with Gasteiger partial charge in [-0.15, -0.1) is 11.3 Å². The third kappa shape index (κ3) is 3.83. The van der Waals surface area contributed by atoms with Crippen LogP contribution >= 0.6 is 11.3 Å². The van der Waals surface area contributed by atoms with Crippen LogP contribution in [0.2, 0.25) is 0 Å². The van der Waals surface area contributed by atoms with E-state index in [9.17, 15) is 0 Å². The summed E-state index contributed by atoms with van der Waals surface area (Å²) in [6.45, 7) is 6.00. The second-order valence-electron chi connectivity index (χ2n) is 6.63. The molecular weight excluding hydrogens is 344 g/mol. The molecule has 0 radical (unpaired) electrons. The maximum absolute atomic E-state index is 4.78. The Morgan fingerprint density at radius 1 is 1.12 bits per heavy atom. The lowest BCUT2D eigenvalue weighted by Gasteiger charge is -2.33. The van der Waals surface area contributed by atoms with Crippen molar-refractivity contribution >= 4 is 22.3 Å². The van der Waals surface area contributed by atoms with Crippen molar-refractivity contribution in [3.05, 3.63) is 47.4 Å². The number of nitrogens with zero attached hydrogens (tertiary/aromatic N) is 5. The second kappa shape index (κ2) is 7.37. The Morgan fingerprint density at radius 3 is 2.65 bits per heavy atom. The van der Waals surface area contributed by atoms with Crippen LogP contribution in [-0.2, 0) is 0 Å². The van der Waals surface area contributed by atoms with Crippen molar-refractivity contribution in [2.75, 3.05) is 23.3 Å². The van der Waals surface area contributed by atoms with Crippen molar-refractivity contribution in [1.29, 1.82) is 0 Å². The van der Waals surface area contributed by atoms with E-state index in [1.54, 1.807) is 17.5 Å². The lowest BCUT2D eigenvalue weighted by atomic mass is 10.1. The summed E-state index contributed by atoms with van der Waals surface area (Å²) in [5.41, 5.74) is 3.01. The fourth-order valence-electron chi connectivity index (χ4n) is 3.19. The largest absolute Gasteiger partial charge is 0.359 e. The average Bonchev–Trinajstić information content (AvgIpc) is 3.07. The molecule has 1 N–H and O–H groups in total. The van der Waals surface area contributed by atoms with E-state index < -0.39 is 0 Å². The van der Waals surface area contributed by atoms with E-state index in [2.05, 4.69) is 36.6 Å². The summed E-state index contributed by atoms with van der Waals surface area (Å²) >= 11 is 1.68. The second-order valence-corrected chi connectivity index (χ2v) is 7.49. The minimum atomic E-state index is 0.470. The fourth-order valence-corrected chi connectivity index (χ4v) is 3.95. The highest BCUT2D eigenvalue weighted by molar-refractivity contribution is 7.13. The molecular formula is C19H22N6S. The lowest BCUT2D eigenvalue weighted by Crippen LogP contribution is -2.39. The number of aromatic nitrogens is 4. The molecule has 0 aliphatic carbocycles. The summed E-state index contributed by atoms with van der Waals surface area (Å²) in [5, 5.41) is 6.67. The van der Waals surface area contributed by atoms with Crippen molar-refractivity contribution in [3.8, 4) is 11.4 Å². The van der Waals surface area contributed by atoms with E-state index in [4.69, 9.17) is 4.98 Å². The Morgan fingerprint density at radius 2 is 1.96 bits per heavy atom. The van der Waals surface area contributed by atoms with Gasteiger partial charge in [0.05, 0.1) is 5.69 Å². The number of piperidine rings is 1. The zero-order valence-corrected chi connectivity index (χ0v) is 15.8. The smallest absolute Gasteiger partial charge is 0.183 e. The monoisotopic (exact) mass is 366 g/mol. The molecule has 26 heavy (non-hydrogen) atoms. The van der Waals surface area contributed by atoms with E-state index in [1.165, 1.54) is 0 Å². The Bertz CT molecular complexity index is 871. The summed E-state index contributed by atoms with van der Waals surface area (Å²) in [6.07, 6.45) is 5.72. The molecule has 0 amide bonds. The minimum absolute atomic E-state index is 0.470. The first-order valence-electron chi connectivity index (χ1n) is 8.87. The SMILES string of the molecule is Cc1cc(N2CCC(Nc3nc(C)cs3)CC2)nc(-c2cccnc2)n1. The van der Waals surface area contributed by atoms with Gasteiger partial charge in [-0.3, -0.25) is 4.98 Å². The summed E-state index contributed by atoms with van der Waals surface area (Å²) in [4.78, 5) is 20.4. The van der Waals surface area contributed by atoms with E-state index >= 15 is 0 Å². The van der Waals surface area contributed by atoms with Crippen LogP contribution in [0.5, 0.6) is 0 Å². The van der Waals surface area contributed by atoms with Crippen molar-refractivity contribution < 1.29 is 0 Å². The molecule has 3 aromatic rings. The Hall–Kier alpha value is -2.54. The van der Waals surface area contributed by atoms with Gasteiger partial charge in [-0.2, -0.15) is 0 Å². The highest BCUT2D eigenvalue weighted by atomic mass is 32.1. The maximum Gasteiger partial charge on any atom is 0.183 e. The van der Waals surface area contributed by atoms with Gasteiger partial charge in [0.25, 0.3) is 0 Å². The number of nitrogens with one attached hydrogen (secondary N) is 1. The quantitative estimate of drug-likeness (QED) is 0.759. The molecule has 3 aromatic heterocycles. The molecule has 1 saturated heterocycles. The predicted octanol–water partition coefficient (Wildman–Crippen LogP) is 3.69. The molecule has 6 nitrogen and oxygen atoms in total. The van der Waals surface area contributed by atoms with Gasteiger partial charge in [-0.05, 0) is 38.8 Å². The normalized spacial score (nSPS) is 15.2. The van der Waals surface area contributed by atoms with E-state index in [0.717, 1.165) is 59.7 Å². The van der Waals surface area contributed by atoms with Gasteiger partial charge in [0.2, 0.25) is 0 Å². The minimum Gasteiger partial charge on any atom is -0.359 e. The van der Waals surface area contributed by atoms with Gasteiger partial charge < -0.3 is 10.2 Å². The molecule has 134 valence electrons. The van der Waals surface area contributed by atoms with Crippen LogP contribution in [0.4, 0.5) is 10.9 Å². The number of pyridine rings is 1. The van der Waals surface area contributed by atoms with Crippen LogP contribution in [-0.4, -0.2) is 39.1 Å². The van der Waals surface area contributed by atoms with Gasteiger partial charge in [0.15, 0.2) is 11.0 Å². The van der Waals surface area contributed by atoms with Crippen LogP contribution in [0.1, 0.15) is 24.2 Å². The van der Waals surface area contributed by atoms with Crippen LogP contribution in [0.15, 0.2) is 36.0 Å². The Balaban J connectivity index is 1.45. The number of aryl methyl sites for hydroxylation is 2. The first kappa shape index (κ1) is 16.9. The molecule has 7 heteroatoms. The molecule has 0 saturated carbocycles. The molecule has 0 atom stereocenters. The number of hydrogen-bond acceptors (Lipinski definition) is 7. The lowest BCUT2D eigenvalue weighted by molar-refractivity contribution is 0.523. The molecule has 4 rings (SSSR count). The average molecular weight is 366 g/mol. The molecule has 0 bridgehead atoms. The van der Waals surface area contributed by atoms with Crippen LogP contribution < -0.4 is 10.2 Å². The molecule has 0 spiro atoms. The standard InChI is InChI=1S/C19H22N6S/c1-13-10-17(24-18(21-13)15-4-3-7-20-11-15)25-8-5-16(6-9-25)23-19-22-14(2)12-26-19/h3-4,7,10-12,16H,5-6,8-9H2,1-2H3,(H,22,23). The van der Waals surface area contributed by atoms with Crippen molar-refractivity contribution in [1.82, 2.24) is 19.9 Å². The van der Waals surface area contributed by atoms with E-state index in [1.807, 2.05) is 32.2 Å². The maximum atomic E-state index is 4.78. The van der Waals surface area contributed by atoms with Crippen molar-refractivity contribution in [3.63, 3.8) is 0 Å². The fraction of sp³-hybridized carbons (Fsp3) is 0.368. The third-order valence-corrected chi connectivity index (χ3v) is 5.42. The zero-order chi connectivity index (χ0) is 17.9. The topological polar surface area (TPSA) is 66.8 Å². The molecule has 1 aliphatic rings. The van der Waals surface area contributed by atoms with Gasteiger partial charge in [-0.25, -0.2) is 15.0 Å². The Labute approximate surface area is 157 Å². The first-order valence-corrected chi connectivity index (χ1v) is 9.75. The predicted molar refractivity (Wildman–Crippen MR) is 106 cm³/mol. The van der Waals surface area contributed by atoms with E-state index in [-0.39, 0.29) is 0 Å².